The van der Waals surface area contributed by atoms with Gasteiger partial charge in [0, 0.05) is 0 Å². The van der Waals surface area contributed by atoms with Crippen molar-refractivity contribution in [1.82, 2.24) is 15.3 Å². The van der Waals surface area contributed by atoms with E-state index in [4.69, 9.17) is 4.74 Å². The van der Waals surface area contributed by atoms with Gasteiger partial charge in [0.15, 0.2) is 6.04 Å². The molecule has 6 nitrogen and oxygen atoms in total. The molecule has 1 heterocycles. The zero-order chi connectivity index (χ0) is 16.9. The van der Waals surface area contributed by atoms with Gasteiger partial charge in [-0.25, -0.2) is 9.78 Å². The highest BCUT2D eigenvalue weighted by Gasteiger charge is 2.24. The number of nitrogens with zero attached hydrogens (tertiary/aromatic N) is 2. The van der Waals surface area contributed by atoms with E-state index < -0.39 is 17.9 Å². The zero-order valence-corrected chi connectivity index (χ0v) is 13.0. The summed E-state index contributed by atoms with van der Waals surface area (Å²) in [6.45, 7) is 0. The number of carbonyl (C=O) groups is 2. The Balaban J connectivity index is 1.88. The second kappa shape index (κ2) is 6.87. The number of nitrogens with one attached hydrogen (secondary N) is 1. The average Bonchev–Trinajstić information content (AvgIpc) is 2.65. The summed E-state index contributed by atoms with van der Waals surface area (Å²) in [6.07, 6.45) is 1.39. The van der Waals surface area contributed by atoms with Crippen molar-refractivity contribution in [2.45, 2.75) is 6.04 Å². The quantitative estimate of drug-likeness (QED) is 0.746. The Bertz CT molecular complexity index is 881. The lowest BCUT2D eigenvalue weighted by Crippen LogP contribution is -2.35. The van der Waals surface area contributed by atoms with Crippen LogP contribution < -0.4 is 5.32 Å². The topological polar surface area (TPSA) is 81.2 Å². The molecule has 2 aromatic carbocycles. The summed E-state index contributed by atoms with van der Waals surface area (Å²) in [4.78, 5) is 33.0. The number of aromatic nitrogens is 2. The number of esters is 1. The largest absolute Gasteiger partial charge is 0.467 e. The van der Waals surface area contributed by atoms with E-state index in [1.165, 1.54) is 13.3 Å². The fourth-order valence-corrected chi connectivity index (χ4v) is 2.31. The number of amides is 1. The Morgan fingerprint density at radius 3 is 2.38 bits per heavy atom. The molecule has 1 aromatic heterocycles. The van der Waals surface area contributed by atoms with Gasteiger partial charge in [-0.15, -0.1) is 0 Å². The van der Waals surface area contributed by atoms with E-state index >= 15 is 0 Å². The van der Waals surface area contributed by atoms with Crippen LogP contribution in [0.2, 0.25) is 0 Å². The van der Waals surface area contributed by atoms with Crippen LogP contribution in [0, 0.1) is 0 Å². The van der Waals surface area contributed by atoms with Gasteiger partial charge in [0.25, 0.3) is 5.91 Å². The Hall–Kier alpha value is -3.28. The number of ether oxygens (including phenoxy) is 1. The van der Waals surface area contributed by atoms with E-state index in [1.807, 2.05) is 24.3 Å². The van der Waals surface area contributed by atoms with Gasteiger partial charge in [0.2, 0.25) is 0 Å². The molecule has 0 saturated carbocycles. The molecule has 3 aromatic rings. The Morgan fingerprint density at radius 1 is 1.00 bits per heavy atom. The van der Waals surface area contributed by atoms with E-state index in [1.54, 1.807) is 30.3 Å². The standard InChI is InChI=1S/C18H15N3O3/c1-24-18(23)16(12-7-3-2-4-8-12)21-17(22)15-11-19-13-9-5-6-10-14(13)20-15/h2-11,16H,1H3,(H,21,22)/t16-/m1/s1. The minimum atomic E-state index is -0.906. The van der Waals surface area contributed by atoms with Gasteiger partial charge in [0.05, 0.1) is 24.3 Å². The number of para-hydroxylation sites is 2. The predicted octanol–water partition coefficient (Wildman–Crippen LogP) is 2.27. The molecule has 24 heavy (non-hydrogen) atoms. The molecular weight excluding hydrogens is 306 g/mol. The number of benzene rings is 2. The van der Waals surface area contributed by atoms with Crippen LogP contribution in [0.15, 0.2) is 60.8 Å². The fraction of sp³-hybridized carbons (Fsp3) is 0.111. The third-order valence-electron chi connectivity index (χ3n) is 3.53. The van der Waals surface area contributed by atoms with Gasteiger partial charge >= 0.3 is 5.97 Å². The molecular formula is C18H15N3O3. The van der Waals surface area contributed by atoms with Crippen molar-refractivity contribution in [3.63, 3.8) is 0 Å². The molecule has 0 spiro atoms. The lowest BCUT2D eigenvalue weighted by molar-refractivity contribution is -0.143. The molecule has 1 N–H and O–H groups in total. The molecule has 6 heteroatoms. The maximum absolute atomic E-state index is 12.5. The molecule has 1 amide bonds. The lowest BCUT2D eigenvalue weighted by Gasteiger charge is -2.16. The summed E-state index contributed by atoms with van der Waals surface area (Å²) >= 11 is 0. The van der Waals surface area contributed by atoms with E-state index in [-0.39, 0.29) is 5.69 Å². The first-order valence-electron chi connectivity index (χ1n) is 7.34. The smallest absolute Gasteiger partial charge is 0.333 e. The first-order valence-corrected chi connectivity index (χ1v) is 7.34. The molecule has 120 valence electrons. The minimum absolute atomic E-state index is 0.138. The van der Waals surface area contributed by atoms with Crippen LogP contribution in [0.25, 0.3) is 11.0 Å². The number of carbonyl (C=O) groups excluding carboxylic acids is 2. The molecule has 3 rings (SSSR count). The number of hydrogen-bond donors (Lipinski definition) is 1. The molecule has 0 bridgehead atoms. The molecule has 0 aliphatic carbocycles. The van der Waals surface area contributed by atoms with Gasteiger partial charge in [-0.1, -0.05) is 42.5 Å². The molecule has 1 atom stereocenters. The van der Waals surface area contributed by atoms with Crippen LogP contribution in [0.4, 0.5) is 0 Å². The van der Waals surface area contributed by atoms with Crippen LogP contribution in [-0.4, -0.2) is 29.0 Å². The second-order valence-corrected chi connectivity index (χ2v) is 5.08. The van der Waals surface area contributed by atoms with Crippen molar-refractivity contribution >= 4 is 22.9 Å². The summed E-state index contributed by atoms with van der Waals surface area (Å²) < 4.78 is 4.78. The average molecular weight is 321 g/mol. The number of fused-ring (bicyclic) bond motifs is 1. The fourth-order valence-electron chi connectivity index (χ4n) is 2.31. The maximum Gasteiger partial charge on any atom is 0.333 e. The molecule has 0 aliphatic rings. The highest BCUT2D eigenvalue weighted by Crippen LogP contribution is 2.15. The van der Waals surface area contributed by atoms with Crippen molar-refractivity contribution in [1.29, 1.82) is 0 Å². The van der Waals surface area contributed by atoms with Crippen LogP contribution in [0.3, 0.4) is 0 Å². The summed E-state index contributed by atoms with van der Waals surface area (Å²) in [7, 11) is 1.28. The third kappa shape index (κ3) is 3.22. The van der Waals surface area contributed by atoms with E-state index in [0.717, 1.165) is 0 Å². The molecule has 0 aliphatic heterocycles. The van der Waals surface area contributed by atoms with Crippen molar-refractivity contribution < 1.29 is 14.3 Å². The zero-order valence-electron chi connectivity index (χ0n) is 13.0. The van der Waals surface area contributed by atoms with Gasteiger partial charge in [-0.05, 0) is 17.7 Å². The van der Waals surface area contributed by atoms with E-state index in [9.17, 15) is 9.59 Å². The second-order valence-electron chi connectivity index (χ2n) is 5.08. The Kier molecular flexibility index (Phi) is 4.47. The minimum Gasteiger partial charge on any atom is -0.467 e. The molecule has 0 unspecified atom stereocenters. The summed E-state index contributed by atoms with van der Waals surface area (Å²) in [5.41, 5.74) is 2.08. The van der Waals surface area contributed by atoms with Gasteiger partial charge in [-0.3, -0.25) is 9.78 Å². The predicted molar refractivity (Wildman–Crippen MR) is 88.2 cm³/mol. The highest BCUT2D eigenvalue weighted by molar-refractivity contribution is 5.96. The van der Waals surface area contributed by atoms with Crippen LogP contribution >= 0.6 is 0 Å². The van der Waals surface area contributed by atoms with Crippen LogP contribution in [0.1, 0.15) is 22.1 Å². The van der Waals surface area contributed by atoms with Crippen LogP contribution in [-0.2, 0) is 9.53 Å². The van der Waals surface area contributed by atoms with Gasteiger partial charge in [-0.2, -0.15) is 0 Å². The normalized spacial score (nSPS) is 11.7. The Labute approximate surface area is 138 Å². The van der Waals surface area contributed by atoms with Crippen LogP contribution in [0.5, 0.6) is 0 Å². The summed E-state index contributed by atoms with van der Waals surface area (Å²) in [5.74, 6) is -1.05. The number of rotatable bonds is 4. The highest BCUT2D eigenvalue weighted by atomic mass is 16.5. The molecule has 0 fully saturated rings. The Morgan fingerprint density at radius 2 is 1.67 bits per heavy atom. The van der Waals surface area contributed by atoms with E-state index in [0.29, 0.717) is 16.6 Å². The SMILES string of the molecule is COC(=O)[C@H](NC(=O)c1cnc2ccccc2n1)c1ccccc1. The molecule has 0 radical (unpaired) electrons. The number of hydrogen-bond acceptors (Lipinski definition) is 5. The van der Waals surface area contributed by atoms with Crippen molar-refractivity contribution in [2.24, 2.45) is 0 Å². The third-order valence-corrected chi connectivity index (χ3v) is 3.53. The first kappa shape index (κ1) is 15.6. The van der Waals surface area contributed by atoms with Crippen molar-refractivity contribution in [3.8, 4) is 0 Å². The summed E-state index contributed by atoms with van der Waals surface area (Å²) in [5, 5.41) is 2.65. The lowest BCUT2D eigenvalue weighted by atomic mass is 10.1. The van der Waals surface area contributed by atoms with Gasteiger partial charge in [0.1, 0.15) is 5.69 Å². The number of methoxy groups -OCH3 is 1. The summed E-state index contributed by atoms with van der Waals surface area (Å²) in [6, 6.07) is 15.2. The van der Waals surface area contributed by atoms with E-state index in [2.05, 4.69) is 15.3 Å². The van der Waals surface area contributed by atoms with Crippen molar-refractivity contribution in [2.75, 3.05) is 7.11 Å². The molecule has 0 saturated heterocycles. The van der Waals surface area contributed by atoms with Crippen molar-refractivity contribution in [3.05, 3.63) is 72.1 Å². The first-order chi connectivity index (χ1) is 11.7. The maximum atomic E-state index is 12.5. The monoisotopic (exact) mass is 321 g/mol. The van der Waals surface area contributed by atoms with Gasteiger partial charge < -0.3 is 10.1 Å².